The van der Waals surface area contributed by atoms with E-state index in [1.807, 2.05) is 16.3 Å². The maximum atomic E-state index is 14.0. The van der Waals surface area contributed by atoms with Crippen LogP contribution >= 0.6 is 34.5 Å². The van der Waals surface area contributed by atoms with Crippen LogP contribution in [0.4, 0.5) is 13.9 Å². The van der Waals surface area contributed by atoms with Gasteiger partial charge in [-0.25, -0.2) is 22.2 Å². The molecular weight excluding hydrogens is 485 g/mol. The summed E-state index contributed by atoms with van der Waals surface area (Å²) in [7, 11) is -3.87. The van der Waals surface area contributed by atoms with Crippen LogP contribution in [-0.4, -0.2) is 31.7 Å². The van der Waals surface area contributed by atoms with E-state index in [0.29, 0.717) is 48.5 Å². The Bertz CT molecular complexity index is 1210. The van der Waals surface area contributed by atoms with Crippen LogP contribution in [-0.2, 0) is 16.3 Å². The zero-order chi connectivity index (χ0) is 22.2. The molecule has 31 heavy (non-hydrogen) atoms. The topological polar surface area (TPSA) is 50.3 Å². The maximum Gasteiger partial charge on any atom is 0.185 e. The minimum absolute atomic E-state index is 0.344. The standard InChI is InChI=1S/C21H18Cl2F2N2O2S2/c22-14-2-1-13(18(23)10-14)9-16-12-30-21(26-16)27-7-5-17(6-8-27)31(28,29)20-4-3-15(24)11-19(20)25/h1-4,10-12,17H,5-9H2. The smallest absolute Gasteiger partial charge is 0.185 e. The van der Waals surface area contributed by atoms with Gasteiger partial charge in [-0.1, -0.05) is 29.3 Å². The van der Waals surface area contributed by atoms with E-state index in [4.69, 9.17) is 23.2 Å². The van der Waals surface area contributed by atoms with Crippen molar-refractivity contribution in [3.63, 3.8) is 0 Å². The van der Waals surface area contributed by atoms with Crippen LogP contribution in [0.5, 0.6) is 0 Å². The molecule has 3 aromatic rings. The fourth-order valence-corrected chi connectivity index (χ4v) is 6.76. The van der Waals surface area contributed by atoms with Crippen molar-refractivity contribution in [3.05, 3.63) is 74.7 Å². The summed E-state index contributed by atoms with van der Waals surface area (Å²) >= 11 is 13.7. The van der Waals surface area contributed by atoms with E-state index in [2.05, 4.69) is 4.98 Å². The first-order valence-electron chi connectivity index (χ1n) is 9.56. The van der Waals surface area contributed by atoms with Crippen molar-refractivity contribution in [1.29, 1.82) is 0 Å². The number of benzene rings is 2. The number of thiazole rings is 1. The van der Waals surface area contributed by atoms with Crippen LogP contribution in [0.3, 0.4) is 0 Å². The molecule has 4 rings (SSSR count). The predicted molar refractivity (Wildman–Crippen MR) is 120 cm³/mol. The highest BCUT2D eigenvalue weighted by Crippen LogP contribution is 2.31. The van der Waals surface area contributed by atoms with E-state index in [0.717, 1.165) is 28.5 Å². The second-order valence-corrected chi connectivity index (χ2v) is 11.2. The van der Waals surface area contributed by atoms with E-state index in [-0.39, 0.29) is 0 Å². The molecule has 1 aromatic heterocycles. The molecule has 2 aromatic carbocycles. The molecule has 2 heterocycles. The number of hydrogen-bond donors (Lipinski definition) is 0. The van der Waals surface area contributed by atoms with Crippen molar-refractivity contribution in [1.82, 2.24) is 4.98 Å². The van der Waals surface area contributed by atoms with Crippen LogP contribution in [0.2, 0.25) is 10.0 Å². The Morgan fingerprint density at radius 3 is 2.52 bits per heavy atom. The highest BCUT2D eigenvalue weighted by atomic mass is 35.5. The second-order valence-electron chi connectivity index (χ2n) is 7.34. The number of sulfone groups is 1. The SMILES string of the molecule is O=S(=O)(c1ccc(F)cc1F)C1CCN(c2nc(Cc3ccc(Cl)cc3Cl)cs2)CC1. The number of anilines is 1. The number of aromatic nitrogens is 1. The Morgan fingerprint density at radius 2 is 1.84 bits per heavy atom. The average Bonchev–Trinajstić information content (AvgIpc) is 3.18. The summed E-state index contributed by atoms with van der Waals surface area (Å²) in [6.45, 7) is 0.975. The van der Waals surface area contributed by atoms with Crippen LogP contribution in [0.15, 0.2) is 46.7 Å². The lowest BCUT2D eigenvalue weighted by atomic mass is 10.1. The molecule has 0 bridgehead atoms. The zero-order valence-corrected chi connectivity index (χ0v) is 19.3. The fourth-order valence-electron chi connectivity index (χ4n) is 3.63. The molecule has 0 spiro atoms. The third kappa shape index (κ3) is 4.87. The molecule has 0 aliphatic carbocycles. The Balaban J connectivity index is 1.42. The van der Waals surface area contributed by atoms with Gasteiger partial charge in [-0.2, -0.15) is 0 Å². The van der Waals surface area contributed by atoms with Gasteiger partial charge in [0, 0.05) is 41.0 Å². The zero-order valence-electron chi connectivity index (χ0n) is 16.2. The molecule has 0 radical (unpaired) electrons. The van der Waals surface area contributed by atoms with Crippen LogP contribution in [0.25, 0.3) is 0 Å². The molecule has 4 nitrogen and oxygen atoms in total. The minimum Gasteiger partial charge on any atom is -0.348 e. The van der Waals surface area contributed by atoms with E-state index >= 15 is 0 Å². The van der Waals surface area contributed by atoms with Gasteiger partial charge in [-0.05, 0) is 42.7 Å². The van der Waals surface area contributed by atoms with Crippen molar-refractivity contribution in [2.24, 2.45) is 0 Å². The summed E-state index contributed by atoms with van der Waals surface area (Å²) in [5.74, 6) is -1.85. The van der Waals surface area contributed by atoms with Gasteiger partial charge in [0.25, 0.3) is 0 Å². The van der Waals surface area contributed by atoms with E-state index in [1.54, 1.807) is 12.1 Å². The van der Waals surface area contributed by atoms with Crippen molar-refractivity contribution < 1.29 is 17.2 Å². The highest BCUT2D eigenvalue weighted by Gasteiger charge is 2.34. The van der Waals surface area contributed by atoms with E-state index in [1.165, 1.54) is 11.3 Å². The molecule has 0 unspecified atom stereocenters. The van der Waals surface area contributed by atoms with Gasteiger partial charge in [0.2, 0.25) is 0 Å². The highest BCUT2D eigenvalue weighted by molar-refractivity contribution is 7.92. The Morgan fingerprint density at radius 1 is 1.10 bits per heavy atom. The van der Waals surface area contributed by atoms with Gasteiger partial charge in [0.1, 0.15) is 16.5 Å². The lowest BCUT2D eigenvalue weighted by Gasteiger charge is -2.31. The Labute approximate surface area is 193 Å². The van der Waals surface area contributed by atoms with E-state index in [9.17, 15) is 17.2 Å². The van der Waals surface area contributed by atoms with Gasteiger partial charge in [0.15, 0.2) is 15.0 Å². The van der Waals surface area contributed by atoms with Gasteiger partial charge >= 0.3 is 0 Å². The maximum absolute atomic E-state index is 14.0. The second kappa shape index (κ2) is 9.02. The van der Waals surface area contributed by atoms with Gasteiger partial charge in [-0.15, -0.1) is 11.3 Å². The van der Waals surface area contributed by atoms with Crippen LogP contribution in [0, 0.1) is 11.6 Å². The van der Waals surface area contributed by atoms with Crippen molar-refractivity contribution in [3.8, 4) is 0 Å². The summed E-state index contributed by atoms with van der Waals surface area (Å²) in [5, 5.41) is 3.21. The van der Waals surface area contributed by atoms with Gasteiger partial charge < -0.3 is 4.90 Å². The number of halogens is 4. The first kappa shape index (κ1) is 22.5. The molecule has 0 atom stereocenters. The molecule has 10 heteroatoms. The van der Waals surface area contributed by atoms with Crippen LogP contribution in [0.1, 0.15) is 24.1 Å². The fraction of sp³-hybridized carbons (Fsp3) is 0.286. The van der Waals surface area contributed by atoms with Gasteiger partial charge in [-0.3, -0.25) is 0 Å². The third-order valence-electron chi connectivity index (χ3n) is 5.28. The summed E-state index contributed by atoms with van der Waals surface area (Å²) in [5.41, 5.74) is 1.79. The lowest BCUT2D eigenvalue weighted by Crippen LogP contribution is -2.39. The molecule has 1 saturated heterocycles. The minimum atomic E-state index is -3.87. The largest absolute Gasteiger partial charge is 0.348 e. The molecule has 1 fully saturated rings. The lowest BCUT2D eigenvalue weighted by molar-refractivity contribution is 0.516. The molecule has 1 aliphatic heterocycles. The van der Waals surface area contributed by atoms with Crippen molar-refractivity contribution >= 4 is 49.5 Å². The first-order valence-corrected chi connectivity index (χ1v) is 12.7. The predicted octanol–water partition coefficient (Wildman–Crippen LogP) is 5.76. The number of piperidine rings is 1. The number of hydrogen-bond acceptors (Lipinski definition) is 5. The summed E-state index contributed by atoms with van der Waals surface area (Å²) < 4.78 is 52.8. The summed E-state index contributed by atoms with van der Waals surface area (Å²) in [6, 6.07) is 7.92. The first-order chi connectivity index (χ1) is 14.7. The molecule has 0 saturated carbocycles. The average molecular weight is 503 g/mol. The summed E-state index contributed by atoms with van der Waals surface area (Å²) in [6.07, 6.45) is 1.26. The van der Waals surface area contributed by atoms with Gasteiger partial charge in [0.05, 0.1) is 10.9 Å². The normalized spacial score (nSPS) is 15.4. The molecule has 164 valence electrons. The van der Waals surface area contributed by atoms with Crippen molar-refractivity contribution in [2.75, 3.05) is 18.0 Å². The van der Waals surface area contributed by atoms with Crippen LogP contribution < -0.4 is 4.90 Å². The number of nitrogens with zero attached hydrogens (tertiary/aromatic N) is 2. The molecular formula is C21H18Cl2F2N2O2S2. The molecule has 0 amide bonds. The quantitative estimate of drug-likeness (QED) is 0.416. The molecule has 0 N–H and O–H groups in total. The molecule has 1 aliphatic rings. The Kier molecular flexibility index (Phi) is 6.53. The monoisotopic (exact) mass is 502 g/mol. The van der Waals surface area contributed by atoms with Crippen molar-refractivity contribution in [2.45, 2.75) is 29.4 Å². The Hall–Kier alpha value is -1.74. The summed E-state index contributed by atoms with van der Waals surface area (Å²) in [4.78, 5) is 6.26. The third-order valence-corrected chi connectivity index (χ3v) is 9.11. The number of rotatable bonds is 5. The van der Waals surface area contributed by atoms with E-state index < -0.39 is 31.6 Å².